The van der Waals surface area contributed by atoms with E-state index >= 15 is 0 Å². The highest BCUT2D eigenvalue weighted by atomic mass is 79.9. The lowest BCUT2D eigenvalue weighted by Gasteiger charge is -2.17. The lowest BCUT2D eigenvalue weighted by Crippen LogP contribution is -2.30. The zero-order valence-corrected chi connectivity index (χ0v) is 13.0. The van der Waals surface area contributed by atoms with Crippen LogP contribution in [0, 0.1) is 5.82 Å². The van der Waals surface area contributed by atoms with Crippen molar-refractivity contribution in [1.82, 2.24) is 10.2 Å². The minimum atomic E-state index is -0.504. The molecule has 5 heteroatoms. The molecule has 0 spiro atoms. The molecule has 19 heavy (non-hydrogen) atoms. The first-order valence-corrected chi connectivity index (χ1v) is 7.34. The van der Waals surface area contributed by atoms with Crippen molar-refractivity contribution >= 4 is 21.8 Å². The molecule has 1 amide bonds. The maximum Gasteiger partial charge on any atom is 0.255 e. The Balaban J connectivity index is 2.44. The Bertz CT molecular complexity index is 402. The van der Waals surface area contributed by atoms with Crippen LogP contribution in [-0.2, 0) is 0 Å². The van der Waals surface area contributed by atoms with Crippen molar-refractivity contribution in [2.24, 2.45) is 0 Å². The fraction of sp³-hybridized carbons (Fsp3) is 0.500. The number of amides is 1. The van der Waals surface area contributed by atoms with Gasteiger partial charge >= 0.3 is 0 Å². The minimum Gasteiger partial charge on any atom is -0.352 e. The second kappa shape index (κ2) is 8.27. The van der Waals surface area contributed by atoms with Crippen molar-refractivity contribution < 1.29 is 9.18 Å². The summed E-state index contributed by atoms with van der Waals surface area (Å²) < 4.78 is 14.0. The van der Waals surface area contributed by atoms with E-state index in [1.54, 1.807) is 12.1 Å². The van der Waals surface area contributed by atoms with Gasteiger partial charge in [-0.15, -0.1) is 0 Å². The van der Waals surface area contributed by atoms with Gasteiger partial charge in [0.1, 0.15) is 5.82 Å². The first-order valence-electron chi connectivity index (χ1n) is 6.54. The highest BCUT2D eigenvalue weighted by Gasteiger charge is 2.14. The van der Waals surface area contributed by atoms with Crippen molar-refractivity contribution in [2.45, 2.75) is 20.3 Å². The van der Waals surface area contributed by atoms with Gasteiger partial charge in [0.05, 0.1) is 5.56 Å². The zero-order valence-electron chi connectivity index (χ0n) is 11.4. The van der Waals surface area contributed by atoms with E-state index in [-0.39, 0.29) is 11.5 Å². The van der Waals surface area contributed by atoms with E-state index in [9.17, 15) is 9.18 Å². The molecule has 0 aliphatic heterocycles. The fourth-order valence-corrected chi connectivity index (χ4v) is 2.37. The molecular formula is C14H20BrFN2O. The Labute approximate surface area is 122 Å². The van der Waals surface area contributed by atoms with Crippen LogP contribution in [0.5, 0.6) is 0 Å². The molecular weight excluding hydrogens is 311 g/mol. The molecule has 106 valence electrons. The predicted molar refractivity (Wildman–Crippen MR) is 78.8 cm³/mol. The first-order chi connectivity index (χ1) is 9.10. The summed E-state index contributed by atoms with van der Waals surface area (Å²) in [7, 11) is 0. The molecule has 1 aromatic rings. The van der Waals surface area contributed by atoms with Crippen LogP contribution >= 0.6 is 15.9 Å². The highest BCUT2D eigenvalue weighted by molar-refractivity contribution is 9.10. The molecule has 0 aromatic heterocycles. The predicted octanol–water partition coefficient (Wildman–Crippen LogP) is 3.05. The molecule has 3 nitrogen and oxygen atoms in total. The summed E-state index contributed by atoms with van der Waals surface area (Å²) in [4.78, 5) is 14.2. The Morgan fingerprint density at radius 2 is 2.05 bits per heavy atom. The SMILES string of the molecule is CCN(CC)CCCNC(=O)c1c(F)cccc1Br. The summed E-state index contributed by atoms with van der Waals surface area (Å²) in [5.74, 6) is -0.875. The van der Waals surface area contributed by atoms with E-state index in [0.29, 0.717) is 11.0 Å². The normalized spacial score (nSPS) is 10.8. The summed E-state index contributed by atoms with van der Waals surface area (Å²) in [6, 6.07) is 4.51. The Hall–Kier alpha value is -0.940. The van der Waals surface area contributed by atoms with Gasteiger partial charge < -0.3 is 10.2 Å². The van der Waals surface area contributed by atoms with Crippen LogP contribution in [0.1, 0.15) is 30.6 Å². The van der Waals surface area contributed by atoms with E-state index in [1.165, 1.54) is 6.07 Å². The fourth-order valence-electron chi connectivity index (χ4n) is 1.85. The Kier molecular flexibility index (Phi) is 7.02. The maximum atomic E-state index is 13.5. The van der Waals surface area contributed by atoms with Gasteiger partial charge in [-0.25, -0.2) is 4.39 Å². The molecule has 1 N–H and O–H groups in total. The number of hydrogen-bond donors (Lipinski definition) is 1. The van der Waals surface area contributed by atoms with Gasteiger partial charge in [-0.3, -0.25) is 4.79 Å². The number of benzene rings is 1. The van der Waals surface area contributed by atoms with Gasteiger partial charge in [-0.2, -0.15) is 0 Å². The van der Waals surface area contributed by atoms with Crippen LogP contribution in [0.25, 0.3) is 0 Å². The van der Waals surface area contributed by atoms with Gasteiger partial charge in [0.2, 0.25) is 0 Å². The van der Waals surface area contributed by atoms with E-state index in [4.69, 9.17) is 0 Å². The summed E-state index contributed by atoms with van der Waals surface area (Å²) in [5.41, 5.74) is 0.0744. The number of hydrogen-bond acceptors (Lipinski definition) is 2. The van der Waals surface area contributed by atoms with Crippen LogP contribution in [0.3, 0.4) is 0 Å². The number of halogens is 2. The van der Waals surface area contributed by atoms with Gasteiger partial charge in [-0.05, 0) is 54.1 Å². The van der Waals surface area contributed by atoms with Crippen LogP contribution < -0.4 is 5.32 Å². The molecule has 0 aliphatic carbocycles. The summed E-state index contributed by atoms with van der Waals surface area (Å²) in [6.45, 7) is 7.71. The van der Waals surface area contributed by atoms with Crippen molar-refractivity contribution in [3.8, 4) is 0 Å². The zero-order chi connectivity index (χ0) is 14.3. The summed E-state index contributed by atoms with van der Waals surface area (Å²) >= 11 is 3.19. The van der Waals surface area contributed by atoms with Gasteiger partial charge in [-0.1, -0.05) is 19.9 Å². The van der Waals surface area contributed by atoms with Crippen molar-refractivity contribution in [3.63, 3.8) is 0 Å². The quantitative estimate of drug-likeness (QED) is 0.779. The largest absolute Gasteiger partial charge is 0.352 e. The van der Waals surface area contributed by atoms with E-state index < -0.39 is 5.82 Å². The topological polar surface area (TPSA) is 32.3 Å². The molecule has 0 saturated carbocycles. The van der Waals surface area contributed by atoms with E-state index in [2.05, 4.69) is 40.0 Å². The second-order valence-electron chi connectivity index (χ2n) is 4.23. The summed E-state index contributed by atoms with van der Waals surface area (Å²) in [6.07, 6.45) is 0.861. The third-order valence-electron chi connectivity index (χ3n) is 3.02. The number of nitrogens with one attached hydrogen (secondary N) is 1. The van der Waals surface area contributed by atoms with E-state index in [0.717, 1.165) is 26.1 Å². The molecule has 0 saturated heterocycles. The number of carbonyl (C=O) groups is 1. The minimum absolute atomic E-state index is 0.0744. The first kappa shape index (κ1) is 16.1. The number of rotatable bonds is 7. The smallest absolute Gasteiger partial charge is 0.255 e. The highest BCUT2D eigenvalue weighted by Crippen LogP contribution is 2.19. The average Bonchev–Trinajstić information content (AvgIpc) is 2.38. The van der Waals surface area contributed by atoms with E-state index in [1.807, 2.05) is 0 Å². The third-order valence-corrected chi connectivity index (χ3v) is 3.68. The van der Waals surface area contributed by atoms with Crippen LogP contribution in [-0.4, -0.2) is 37.0 Å². The van der Waals surface area contributed by atoms with Crippen molar-refractivity contribution in [2.75, 3.05) is 26.2 Å². The van der Waals surface area contributed by atoms with Gasteiger partial charge in [0, 0.05) is 11.0 Å². The van der Waals surface area contributed by atoms with Crippen LogP contribution in [0.4, 0.5) is 4.39 Å². The molecule has 0 bridgehead atoms. The standard InChI is InChI=1S/C14H20BrFN2O/c1-3-18(4-2)10-6-9-17-14(19)13-11(15)7-5-8-12(13)16/h5,7-8H,3-4,6,9-10H2,1-2H3,(H,17,19). The van der Waals surface area contributed by atoms with Crippen LogP contribution in [0.15, 0.2) is 22.7 Å². The molecule has 0 radical (unpaired) electrons. The summed E-state index contributed by atoms with van der Waals surface area (Å²) in [5, 5.41) is 2.75. The molecule has 1 aromatic carbocycles. The molecule has 0 atom stereocenters. The molecule has 0 heterocycles. The Morgan fingerprint density at radius 3 is 2.63 bits per heavy atom. The van der Waals surface area contributed by atoms with Gasteiger partial charge in [0.25, 0.3) is 5.91 Å². The molecule has 0 unspecified atom stereocenters. The Morgan fingerprint density at radius 1 is 1.37 bits per heavy atom. The van der Waals surface area contributed by atoms with Crippen LogP contribution in [0.2, 0.25) is 0 Å². The van der Waals surface area contributed by atoms with Gasteiger partial charge in [0.15, 0.2) is 0 Å². The lowest BCUT2D eigenvalue weighted by molar-refractivity contribution is 0.0947. The third kappa shape index (κ3) is 4.91. The van der Waals surface area contributed by atoms with Crippen molar-refractivity contribution in [1.29, 1.82) is 0 Å². The lowest BCUT2D eigenvalue weighted by atomic mass is 10.2. The monoisotopic (exact) mass is 330 g/mol. The van der Waals surface area contributed by atoms with Crippen molar-refractivity contribution in [3.05, 3.63) is 34.1 Å². The number of carbonyl (C=O) groups excluding carboxylic acids is 1. The molecule has 1 rings (SSSR count). The molecule has 0 fully saturated rings. The average molecular weight is 331 g/mol. The second-order valence-corrected chi connectivity index (χ2v) is 5.09. The number of nitrogens with zero attached hydrogens (tertiary/aromatic N) is 1. The maximum absolute atomic E-state index is 13.5. The molecule has 0 aliphatic rings.